The van der Waals surface area contributed by atoms with Crippen molar-refractivity contribution < 1.29 is 27.5 Å². The summed E-state index contributed by atoms with van der Waals surface area (Å²) in [4.78, 5) is 36.3. The van der Waals surface area contributed by atoms with Crippen molar-refractivity contribution in [1.82, 2.24) is 15.3 Å². The Morgan fingerprint density at radius 3 is 2.68 bits per heavy atom. The van der Waals surface area contributed by atoms with E-state index >= 15 is 0 Å². The number of hydrogen-bond donors (Lipinski definition) is 1. The van der Waals surface area contributed by atoms with Gasteiger partial charge in [-0.15, -0.1) is 11.3 Å². The Bertz CT molecular complexity index is 2110. The quantitative estimate of drug-likeness (QED) is 0.254. The number of anilines is 1. The molecule has 1 unspecified atom stereocenters. The molecule has 0 radical (unpaired) electrons. The van der Waals surface area contributed by atoms with Gasteiger partial charge in [0, 0.05) is 27.5 Å². The van der Waals surface area contributed by atoms with Crippen molar-refractivity contribution in [2.45, 2.75) is 17.0 Å². The first kappa shape index (κ1) is 29.1. The summed E-state index contributed by atoms with van der Waals surface area (Å²) in [6.45, 7) is -0.118. The molecule has 3 aromatic carbocycles. The lowest BCUT2D eigenvalue weighted by molar-refractivity contribution is -0.131. The van der Waals surface area contributed by atoms with Gasteiger partial charge in [0.25, 0.3) is 15.9 Å². The average Bonchev–Trinajstić information content (AvgIpc) is 3.60. The highest BCUT2D eigenvalue weighted by Crippen LogP contribution is 2.52. The molecule has 2 amide bonds. The number of amides is 2. The van der Waals surface area contributed by atoms with E-state index in [2.05, 4.69) is 15.3 Å². The van der Waals surface area contributed by atoms with Gasteiger partial charge in [-0.1, -0.05) is 48.0 Å². The van der Waals surface area contributed by atoms with Crippen LogP contribution in [0.5, 0.6) is 5.75 Å². The lowest BCUT2D eigenvalue weighted by Gasteiger charge is -2.30. The first-order chi connectivity index (χ1) is 21.2. The van der Waals surface area contributed by atoms with Crippen LogP contribution in [0.3, 0.4) is 0 Å². The minimum Gasteiger partial charge on any atom is -0.496 e. The SMILES string of the molecule is COc1ccccc1C1(OC(=O)NCc2nc(C#N)cs2)C(=O)N(S(=O)(=O)c2cccc3cccnc23)c2ccc(Cl)cc21. The maximum Gasteiger partial charge on any atom is 0.409 e. The van der Waals surface area contributed by atoms with Crippen molar-refractivity contribution >= 4 is 61.6 Å². The van der Waals surface area contributed by atoms with Gasteiger partial charge >= 0.3 is 6.09 Å². The monoisotopic (exact) mass is 645 g/mol. The number of alkyl carbamates (subject to hydrolysis) is 1. The third-order valence-electron chi connectivity index (χ3n) is 6.94. The van der Waals surface area contributed by atoms with Gasteiger partial charge in [-0.25, -0.2) is 18.2 Å². The molecule has 1 aliphatic rings. The van der Waals surface area contributed by atoms with Crippen LogP contribution in [0.1, 0.15) is 21.8 Å². The third-order valence-corrected chi connectivity index (χ3v) is 9.75. The Hall–Kier alpha value is -5.03. The van der Waals surface area contributed by atoms with Gasteiger partial charge in [-0.2, -0.15) is 9.57 Å². The number of carbonyl (C=O) groups excluding carboxylic acids is 2. The van der Waals surface area contributed by atoms with Gasteiger partial charge < -0.3 is 14.8 Å². The van der Waals surface area contributed by atoms with Crippen LogP contribution >= 0.6 is 22.9 Å². The highest BCUT2D eigenvalue weighted by Gasteiger charge is 2.60. The number of sulfonamides is 1. The number of para-hydroxylation sites is 2. The number of nitrogens with one attached hydrogen (secondary N) is 1. The minimum absolute atomic E-state index is 0.00689. The molecule has 6 rings (SSSR count). The van der Waals surface area contributed by atoms with E-state index in [9.17, 15) is 18.0 Å². The van der Waals surface area contributed by atoms with E-state index in [1.54, 1.807) is 42.5 Å². The second kappa shape index (κ2) is 11.2. The van der Waals surface area contributed by atoms with Gasteiger partial charge in [0.2, 0.25) is 5.60 Å². The number of thiazole rings is 1. The standard InChI is InChI=1S/C30H20ClN5O6S2/c1-41-24-9-3-2-8-21(24)30(42-29(38)34-16-26-35-20(15-32)17-43-26)22-14-19(31)11-12-23(22)36(28(30)37)44(39,40)25-10-4-6-18-7-5-13-33-27(18)25/h2-14,17H,16H2,1H3,(H,34,38). The molecule has 220 valence electrons. The molecule has 44 heavy (non-hydrogen) atoms. The van der Waals surface area contributed by atoms with Crippen molar-refractivity contribution in [3.8, 4) is 11.8 Å². The molecule has 11 nitrogen and oxygen atoms in total. The summed E-state index contributed by atoms with van der Waals surface area (Å²) in [5.41, 5.74) is -1.99. The first-order valence-corrected chi connectivity index (χ1v) is 15.6. The number of nitriles is 1. The molecular weight excluding hydrogens is 626 g/mol. The summed E-state index contributed by atoms with van der Waals surface area (Å²) in [7, 11) is -3.27. The maximum atomic E-state index is 14.7. The third kappa shape index (κ3) is 4.69. The van der Waals surface area contributed by atoms with Crippen LogP contribution in [0.4, 0.5) is 10.5 Å². The lowest BCUT2D eigenvalue weighted by atomic mass is 9.86. The first-order valence-electron chi connectivity index (χ1n) is 12.9. The molecule has 0 aliphatic carbocycles. The summed E-state index contributed by atoms with van der Waals surface area (Å²) in [5, 5.41) is 14.3. The van der Waals surface area contributed by atoms with E-state index in [4.69, 9.17) is 26.3 Å². The number of ether oxygens (including phenoxy) is 2. The van der Waals surface area contributed by atoms with Crippen LogP contribution in [-0.2, 0) is 31.7 Å². The van der Waals surface area contributed by atoms with Gasteiger partial charge in [0.05, 0.1) is 30.4 Å². The number of halogens is 1. The smallest absolute Gasteiger partial charge is 0.409 e. The number of carbonyl (C=O) groups is 2. The van der Waals surface area contributed by atoms with Crippen LogP contribution in [0.2, 0.25) is 5.02 Å². The van der Waals surface area contributed by atoms with Crippen molar-refractivity contribution in [1.29, 1.82) is 5.26 Å². The zero-order chi connectivity index (χ0) is 31.1. The fourth-order valence-corrected chi connectivity index (χ4v) is 7.53. The van der Waals surface area contributed by atoms with E-state index in [-0.39, 0.29) is 50.2 Å². The van der Waals surface area contributed by atoms with Crippen LogP contribution < -0.4 is 14.4 Å². The van der Waals surface area contributed by atoms with E-state index in [0.29, 0.717) is 14.7 Å². The fourth-order valence-electron chi connectivity index (χ4n) is 5.07. The van der Waals surface area contributed by atoms with Gasteiger partial charge in [0.1, 0.15) is 21.7 Å². The van der Waals surface area contributed by atoms with Crippen molar-refractivity contribution in [3.05, 3.63) is 111 Å². The Morgan fingerprint density at radius 2 is 1.91 bits per heavy atom. The second-order valence-electron chi connectivity index (χ2n) is 9.43. The summed E-state index contributed by atoms with van der Waals surface area (Å²) >= 11 is 7.55. The zero-order valence-corrected chi connectivity index (χ0v) is 25.1. The Labute approximate surface area is 260 Å². The lowest BCUT2D eigenvalue weighted by Crippen LogP contribution is -2.48. The number of nitrogens with zero attached hydrogens (tertiary/aromatic N) is 4. The van der Waals surface area contributed by atoms with Crippen molar-refractivity contribution in [2.75, 3.05) is 11.4 Å². The summed E-state index contributed by atoms with van der Waals surface area (Å²) in [5.74, 6) is -0.937. The van der Waals surface area contributed by atoms with E-state index in [1.807, 2.05) is 6.07 Å². The predicted molar refractivity (Wildman–Crippen MR) is 162 cm³/mol. The fraction of sp³-hybridized carbons (Fsp3) is 0.100. The van der Waals surface area contributed by atoms with Crippen LogP contribution in [0, 0.1) is 11.3 Å². The zero-order valence-electron chi connectivity index (χ0n) is 22.7. The van der Waals surface area contributed by atoms with Crippen LogP contribution in [0.25, 0.3) is 10.9 Å². The van der Waals surface area contributed by atoms with E-state index in [0.717, 1.165) is 11.3 Å². The van der Waals surface area contributed by atoms with Gasteiger partial charge in [-0.05, 0) is 36.4 Å². The molecule has 3 heterocycles. The molecule has 0 saturated carbocycles. The molecule has 5 aromatic rings. The molecule has 0 saturated heterocycles. The predicted octanol–water partition coefficient (Wildman–Crippen LogP) is 5.13. The van der Waals surface area contributed by atoms with E-state index in [1.165, 1.54) is 49.0 Å². The number of rotatable bonds is 7. The van der Waals surface area contributed by atoms with Crippen LogP contribution in [0.15, 0.2) is 89.3 Å². The maximum absolute atomic E-state index is 14.7. The van der Waals surface area contributed by atoms with E-state index < -0.39 is 27.6 Å². The number of hydrogen-bond acceptors (Lipinski definition) is 10. The Kier molecular flexibility index (Phi) is 7.42. The Balaban J connectivity index is 1.53. The molecule has 1 atom stereocenters. The number of pyridine rings is 1. The molecular formula is C30H20ClN5O6S2. The van der Waals surface area contributed by atoms with Gasteiger partial charge in [-0.3, -0.25) is 9.78 Å². The summed E-state index contributed by atoms with van der Waals surface area (Å²) in [6, 6.07) is 20.4. The average molecular weight is 646 g/mol. The minimum atomic E-state index is -4.64. The summed E-state index contributed by atoms with van der Waals surface area (Å²) < 4.78 is 41.0. The second-order valence-corrected chi connectivity index (χ2v) is 12.6. The summed E-state index contributed by atoms with van der Waals surface area (Å²) in [6.07, 6.45) is 0.394. The van der Waals surface area contributed by atoms with Crippen LogP contribution in [-0.4, -0.2) is 37.5 Å². The molecule has 2 aromatic heterocycles. The highest BCUT2D eigenvalue weighted by atomic mass is 35.5. The molecule has 14 heteroatoms. The molecule has 1 aliphatic heterocycles. The molecule has 1 N–H and O–H groups in total. The number of benzene rings is 3. The normalized spacial score (nSPS) is 15.9. The Morgan fingerprint density at radius 1 is 1.11 bits per heavy atom. The number of aromatic nitrogens is 2. The number of methoxy groups -OCH3 is 1. The number of fused-ring (bicyclic) bond motifs is 2. The van der Waals surface area contributed by atoms with Crippen molar-refractivity contribution in [3.63, 3.8) is 0 Å². The molecule has 0 bridgehead atoms. The van der Waals surface area contributed by atoms with Crippen molar-refractivity contribution in [2.24, 2.45) is 0 Å². The molecule has 0 fully saturated rings. The van der Waals surface area contributed by atoms with Gasteiger partial charge in [0.15, 0.2) is 5.69 Å². The largest absolute Gasteiger partial charge is 0.496 e. The topological polar surface area (TPSA) is 152 Å². The molecule has 0 spiro atoms. The highest BCUT2D eigenvalue weighted by molar-refractivity contribution is 7.93.